The van der Waals surface area contributed by atoms with Crippen molar-refractivity contribution in [3.05, 3.63) is 24.3 Å². The average molecular weight is 431 g/mol. The Bertz CT molecular complexity index is 828. The van der Waals surface area contributed by atoms with Crippen LogP contribution in [0.4, 0.5) is 0 Å². The van der Waals surface area contributed by atoms with E-state index >= 15 is 0 Å². The molecule has 1 saturated heterocycles. The number of likely N-dealkylation sites (tertiary alicyclic amines) is 1. The molecular weight excluding hydrogens is 400 g/mol. The molecule has 2 N–H and O–H groups in total. The van der Waals surface area contributed by atoms with E-state index in [9.17, 15) is 9.90 Å². The molecule has 9 heteroatoms. The lowest BCUT2D eigenvalue weighted by atomic mass is 9.79. The molecule has 1 amide bonds. The molecule has 2 aromatic rings. The maximum absolute atomic E-state index is 12.6. The number of hydrogen-bond acceptors (Lipinski definition) is 7. The van der Waals surface area contributed by atoms with Crippen molar-refractivity contribution in [3.8, 4) is 11.4 Å². The van der Waals surface area contributed by atoms with Gasteiger partial charge in [-0.25, -0.2) is 0 Å². The Balaban J connectivity index is 1.33. The van der Waals surface area contributed by atoms with E-state index in [1.54, 1.807) is 28.9 Å². The van der Waals surface area contributed by atoms with Gasteiger partial charge in [0.25, 0.3) is 0 Å². The number of piperidine rings is 1. The number of nitrogens with zero attached hydrogens (tertiary/aromatic N) is 5. The molecule has 1 aromatic carbocycles. The minimum absolute atomic E-state index is 0.0159. The molecule has 0 bridgehead atoms. The van der Waals surface area contributed by atoms with Gasteiger partial charge in [0.2, 0.25) is 11.1 Å². The van der Waals surface area contributed by atoms with Crippen LogP contribution in [0.1, 0.15) is 51.4 Å². The number of hydrogen-bond donors (Lipinski definition) is 2. The van der Waals surface area contributed by atoms with Crippen LogP contribution >= 0.6 is 11.8 Å². The fourth-order valence-corrected chi connectivity index (χ4v) is 5.37. The number of benzene rings is 1. The summed E-state index contributed by atoms with van der Waals surface area (Å²) >= 11 is 1.32. The highest BCUT2D eigenvalue weighted by Gasteiger charge is 2.38. The molecule has 0 atom stereocenters. The van der Waals surface area contributed by atoms with Crippen molar-refractivity contribution in [2.45, 2.75) is 62.1 Å². The van der Waals surface area contributed by atoms with Gasteiger partial charge < -0.3 is 10.4 Å². The van der Waals surface area contributed by atoms with Gasteiger partial charge in [0, 0.05) is 12.1 Å². The van der Waals surface area contributed by atoms with Gasteiger partial charge in [-0.1, -0.05) is 37.4 Å². The normalized spacial score (nSPS) is 19.5. The minimum atomic E-state index is 0.0159. The first kappa shape index (κ1) is 21.1. The summed E-state index contributed by atoms with van der Waals surface area (Å²) in [6.45, 7) is 3.05. The molecule has 162 valence electrons. The third-order valence-corrected chi connectivity index (χ3v) is 7.21. The lowest BCUT2D eigenvalue weighted by molar-refractivity contribution is -0.119. The second-order valence-electron chi connectivity index (χ2n) is 8.29. The molecule has 4 rings (SSSR count). The standard InChI is InChI=1S/C21H30N6O2S/c28-18-9-7-17(8-10-18)27-20(23-24-25-27)30-15-19(29)22-16-21(11-3-1-4-12-21)26-13-5-2-6-14-26/h7-10,28H,1-6,11-16H2,(H,22,29). The van der Waals surface area contributed by atoms with Crippen molar-refractivity contribution in [1.29, 1.82) is 0 Å². The predicted molar refractivity (Wildman–Crippen MR) is 116 cm³/mol. The summed E-state index contributed by atoms with van der Waals surface area (Å²) in [6.07, 6.45) is 10.0. The van der Waals surface area contributed by atoms with E-state index in [0.717, 1.165) is 25.3 Å². The topological polar surface area (TPSA) is 96.2 Å². The SMILES string of the molecule is O=C(CSc1nnnn1-c1ccc(O)cc1)NCC1(N2CCCCC2)CCCCC1. The van der Waals surface area contributed by atoms with Crippen LogP contribution in [0.3, 0.4) is 0 Å². The first-order valence-corrected chi connectivity index (χ1v) is 11.9. The van der Waals surface area contributed by atoms with E-state index in [1.165, 1.54) is 63.1 Å². The molecule has 0 radical (unpaired) electrons. The van der Waals surface area contributed by atoms with Gasteiger partial charge in [0.15, 0.2) is 0 Å². The van der Waals surface area contributed by atoms with E-state index in [0.29, 0.717) is 5.16 Å². The summed E-state index contributed by atoms with van der Waals surface area (Å²) in [6, 6.07) is 6.65. The number of aromatic nitrogens is 4. The smallest absolute Gasteiger partial charge is 0.230 e. The summed E-state index contributed by atoms with van der Waals surface area (Å²) in [5.41, 5.74) is 0.874. The molecule has 1 aliphatic heterocycles. The second-order valence-corrected chi connectivity index (χ2v) is 9.23. The average Bonchev–Trinajstić information content (AvgIpc) is 3.27. The monoisotopic (exact) mass is 430 g/mol. The van der Waals surface area contributed by atoms with E-state index in [-0.39, 0.29) is 22.9 Å². The Hall–Kier alpha value is -2.13. The second kappa shape index (κ2) is 9.78. The molecule has 2 fully saturated rings. The summed E-state index contributed by atoms with van der Waals surface area (Å²) in [5.74, 6) is 0.474. The molecule has 2 aliphatic rings. The van der Waals surface area contributed by atoms with Crippen molar-refractivity contribution in [3.63, 3.8) is 0 Å². The first-order chi connectivity index (χ1) is 14.7. The Morgan fingerprint density at radius 3 is 2.50 bits per heavy atom. The van der Waals surface area contributed by atoms with E-state index in [1.807, 2.05) is 0 Å². The number of phenols is 1. The van der Waals surface area contributed by atoms with E-state index < -0.39 is 0 Å². The molecule has 0 unspecified atom stereocenters. The lowest BCUT2D eigenvalue weighted by Gasteiger charge is -2.48. The lowest BCUT2D eigenvalue weighted by Crippen LogP contribution is -2.58. The van der Waals surface area contributed by atoms with Crippen LogP contribution in [-0.4, -0.2) is 67.0 Å². The molecular formula is C21H30N6O2S. The largest absolute Gasteiger partial charge is 0.508 e. The molecule has 0 spiro atoms. The number of tetrazole rings is 1. The van der Waals surface area contributed by atoms with Crippen LogP contribution in [0.5, 0.6) is 5.75 Å². The van der Waals surface area contributed by atoms with Gasteiger partial charge in [0.05, 0.1) is 11.4 Å². The maximum atomic E-state index is 12.6. The highest BCUT2D eigenvalue weighted by molar-refractivity contribution is 7.99. The van der Waals surface area contributed by atoms with Crippen molar-refractivity contribution in [2.75, 3.05) is 25.4 Å². The van der Waals surface area contributed by atoms with Gasteiger partial charge >= 0.3 is 0 Å². The van der Waals surface area contributed by atoms with E-state index in [4.69, 9.17) is 0 Å². The van der Waals surface area contributed by atoms with Gasteiger partial charge in [-0.05, 0) is 73.5 Å². The number of carbonyl (C=O) groups is 1. The summed E-state index contributed by atoms with van der Waals surface area (Å²) in [5, 5.41) is 25.0. The number of aromatic hydroxyl groups is 1. The summed E-state index contributed by atoms with van der Waals surface area (Å²) in [7, 11) is 0. The van der Waals surface area contributed by atoms with Crippen LogP contribution in [0.15, 0.2) is 29.4 Å². The van der Waals surface area contributed by atoms with Crippen LogP contribution in [0.25, 0.3) is 5.69 Å². The quantitative estimate of drug-likeness (QED) is 0.652. The number of nitrogens with one attached hydrogen (secondary N) is 1. The van der Waals surface area contributed by atoms with Gasteiger partial charge in [-0.2, -0.15) is 4.68 Å². The number of phenolic OH excluding ortho intramolecular Hbond substituents is 1. The fraction of sp³-hybridized carbons (Fsp3) is 0.619. The highest BCUT2D eigenvalue weighted by atomic mass is 32.2. The minimum Gasteiger partial charge on any atom is -0.508 e. The zero-order valence-electron chi connectivity index (χ0n) is 17.3. The molecule has 8 nitrogen and oxygen atoms in total. The Morgan fingerprint density at radius 2 is 1.77 bits per heavy atom. The molecule has 30 heavy (non-hydrogen) atoms. The third-order valence-electron chi connectivity index (χ3n) is 6.29. The first-order valence-electron chi connectivity index (χ1n) is 10.9. The summed E-state index contributed by atoms with van der Waals surface area (Å²) in [4.78, 5) is 15.3. The predicted octanol–water partition coefficient (Wildman–Crippen LogP) is 2.77. The molecule has 1 saturated carbocycles. The van der Waals surface area contributed by atoms with Gasteiger partial charge in [-0.3, -0.25) is 9.69 Å². The maximum Gasteiger partial charge on any atom is 0.230 e. The van der Waals surface area contributed by atoms with Crippen LogP contribution in [0, 0.1) is 0 Å². The van der Waals surface area contributed by atoms with Gasteiger partial charge in [0.1, 0.15) is 5.75 Å². The van der Waals surface area contributed by atoms with Crippen LogP contribution < -0.4 is 5.32 Å². The third kappa shape index (κ3) is 4.95. The Labute approximate surface area is 181 Å². The highest BCUT2D eigenvalue weighted by Crippen LogP contribution is 2.35. The van der Waals surface area contributed by atoms with Crippen molar-refractivity contribution in [1.82, 2.24) is 30.4 Å². The van der Waals surface area contributed by atoms with Crippen LogP contribution in [-0.2, 0) is 4.79 Å². The zero-order valence-corrected chi connectivity index (χ0v) is 18.1. The number of carbonyl (C=O) groups excluding carboxylic acids is 1. The van der Waals surface area contributed by atoms with Crippen LogP contribution in [0.2, 0.25) is 0 Å². The van der Waals surface area contributed by atoms with E-state index in [2.05, 4.69) is 25.7 Å². The number of rotatable bonds is 7. The number of thioether (sulfide) groups is 1. The van der Waals surface area contributed by atoms with Crippen molar-refractivity contribution < 1.29 is 9.90 Å². The molecule has 2 heterocycles. The number of amides is 1. The zero-order chi connectivity index (χ0) is 20.8. The molecule has 1 aromatic heterocycles. The van der Waals surface area contributed by atoms with Crippen molar-refractivity contribution >= 4 is 17.7 Å². The molecule has 1 aliphatic carbocycles. The summed E-state index contributed by atoms with van der Waals surface area (Å²) < 4.78 is 1.58. The fourth-order valence-electron chi connectivity index (χ4n) is 4.65. The van der Waals surface area contributed by atoms with Gasteiger partial charge in [-0.15, -0.1) is 5.10 Å². The Kier molecular flexibility index (Phi) is 6.89. The Morgan fingerprint density at radius 1 is 1.07 bits per heavy atom. The van der Waals surface area contributed by atoms with Crippen molar-refractivity contribution in [2.24, 2.45) is 0 Å².